The van der Waals surface area contributed by atoms with Crippen LogP contribution in [-0.2, 0) is 14.8 Å². The van der Waals surface area contributed by atoms with Crippen LogP contribution in [0.4, 0.5) is 5.69 Å². The predicted octanol–water partition coefficient (Wildman–Crippen LogP) is 4.27. The second-order valence-electron chi connectivity index (χ2n) is 8.12. The third-order valence-corrected chi connectivity index (χ3v) is 8.21. The summed E-state index contributed by atoms with van der Waals surface area (Å²) in [5.41, 5.74) is 5.51. The number of carbonyl (C=O) groups is 1. The molecule has 1 aliphatic rings. The lowest BCUT2D eigenvalue weighted by Crippen LogP contribution is -2.41. The van der Waals surface area contributed by atoms with Crippen molar-refractivity contribution in [2.24, 2.45) is 5.92 Å². The van der Waals surface area contributed by atoms with Gasteiger partial charge in [-0.1, -0.05) is 23.8 Å². The quantitative estimate of drug-likeness (QED) is 0.812. The summed E-state index contributed by atoms with van der Waals surface area (Å²) >= 11 is 0. The minimum atomic E-state index is -3.58. The van der Waals surface area contributed by atoms with Gasteiger partial charge in [0, 0.05) is 24.7 Å². The molecule has 0 unspecified atom stereocenters. The molecule has 0 atom stereocenters. The molecule has 0 bridgehead atoms. The third-order valence-electron chi connectivity index (χ3n) is 6.04. The molecule has 0 aromatic heterocycles. The van der Waals surface area contributed by atoms with Crippen LogP contribution in [0.15, 0.2) is 35.2 Å². The fourth-order valence-corrected chi connectivity index (χ4v) is 5.98. The number of amides is 1. The minimum Gasteiger partial charge on any atom is -0.326 e. The van der Waals surface area contributed by atoms with Crippen molar-refractivity contribution in [3.63, 3.8) is 0 Å². The van der Waals surface area contributed by atoms with Crippen LogP contribution >= 0.6 is 0 Å². The van der Waals surface area contributed by atoms with Crippen LogP contribution in [0.5, 0.6) is 0 Å². The maximum Gasteiger partial charge on any atom is 0.243 e. The largest absolute Gasteiger partial charge is 0.326 e. The SMILES string of the molecule is Cc1ccc(NC(=O)C2CCN(S(=O)(=O)c3c(C)c(C)cc(C)c3C)CC2)cc1. The fraction of sp³-hybridized carbons (Fsp3) is 0.435. The van der Waals surface area contributed by atoms with E-state index in [2.05, 4.69) is 5.32 Å². The summed E-state index contributed by atoms with van der Waals surface area (Å²) in [6.07, 6.45) is 1.06. The number of sulfonamides is 1. The van der Waals surface area contributed by atoms with Crippen LogP contribution in [0.2, 0.25) is 0 Å². The van der Waals surface area contributed by atoms with Crippen molar-refractivity contribution in [1.82, 2.24) is 4.31 Å². The molecule has 29 heavy (non-hydrogen) atoms. The van der Waals surface area contributed by atoms with Gasteiger partial charge < -0.3 is 5.32 Å². The van der Waals surface area contributed by atoms with Crippen LogP contribution < -0.4 is 5.32 Å². The highest BCUT2D eigenvalue weighted by Crippen LogP contribution is 2.31. The van der Waals surface area contributed by atoms with E-state index in [1.807, 2.05) is 65.0 Å². The van der Waals surface area contributed by atoms with E-state index in [0.29, 0.717) is 30.8 Å². The lowest BCUT2D eigenvalue weighted by Gasteiger charge is -2.31. The van der Waals surface area contributed by atoms with E-state index in [1.165, 1.54) is 4.31 Å². The Morgan fingerprint density at radius 2 is 1.45 bits per heavy atom. The van der Waals surface area contributed by atoms with E-state index in [-0.39, 0.29) is 11.8 Å². The van der Waals surface area contributed by atoms with Gasteiger partial charge in [-0.3, -0.25) is 4.79 Å². The van der Waals surface area contributed by atoms with Gasteiger partial charge in [0.25, 0.3) is 0 Å². The smallest absolute Gasteiger partial charge is 0.243 e. The maximum absolute atomic E-state index is 13.4. The van der Waals surface area contributed by atoms with E-state index in [0.717, 1.165) is 33.5 Å². The molecule has 1 heterocycles. The van der Waals surface area contributed by atoms with Crippen LogP contribution in [0, 0.1) is 40.5 Å². The van der Waals surface area contributed by atoms with Crippen molar-refractivity contribution in [2.45, 2.75) is 52.4 Å². The summed E-state index contributed by atoms with van der Waals surface area (Å²) in [6.45, 7) is 10.4. The molecule has 2 aromatic carbocycles. The molecule has 5 nitrogen and oxygen atoms in total. The third kappa shape index (κ3) is 4.38. The second kappa shape index (κ2) is 8.28. The van der Waals surface area contributed by atoms with Crippen molar-refractivity contribution in [1.29, 1.82) is 0 Å². The van der Waals surface area contributed by atoms with Crippen LogP contribution in [0.25, 0.3) is 0 Å². The maximum atomic E-state index is 13.4. The van der Waals surface area contributed by atoms with Gasteiger partial charge in [-0.05, 0) is 81.8 Å². The highest BCUT2D eigenvalue weighted by molar-refractivity contribution is 7.89. The molecule has 1 saturated heterocycles. The first-order valence-electron chi connectivity index (χ1n) is 10.1. The number of carbonyl (C=O) groups excluding carboxylic acids is 1. The normalized spacial score (nSPS) is 16.0. The fourth-order valence-electron chi connectivity index (χ4n) is 3.94. The Hall–Kier alpha value is -2.18. The highest BCUT2D eigenvalue weighted by atomic mass is 32.2. The van der Waals surface area contributed by atoms with Gasteiger partial charge in [0.15, 0.2) is 0 Å². The predicted molar refractivity (Wildman–Crippen MR) is 117 cm³/mol. The Balaban J connectivity index is 1.72. The Bertz CT molecular complexity index is 993. The minimum absolute atomic E-state index is 0.0373. The number of nitrogens with zero attached hydrogens (tertiary/aromatic N) is 1. The van der Waals surface area contributed by atoms with Crippen molar-refractivity contribution in [2.75, 3.05) is 18.4 Å². The number of rotatable bonds is 4. The summed E-state index contributed by atoms with van der Waals surface area (Å²) in [5, 5.41) is 2.95. The van der Waals surface area contributed by atoms with Gasteiger partial charge in [0.05, 0.1) is 4.90 Å². The van der Waals surface area contributed by atoms with Crippen molar-refractivity contribution < 1.29 is 13.2 Å². The zero-order valence-electron chi connectivity index (χ0n) is 17.9. The van der Waals surface area contributed by atoms with Crippen molar-refractivity contribution >= 4 is 21.6 Å². The zero-order valence-corrected chi connectivity index (χ0v) is 18.7. The second-order valence-corrected chi connectivity index (χ2v) is 10.00. The van der Waals surface area contributed by atoms with E-state index < -0.39 is 10.0 Å². The van der Waals surface area contributed by atoms with Crippen LogP contribution in [0.1, 0.15) is 40.7 Å². The Morgan fingerprint density at radius 1 is 0.931 bits per heavy atom. The molecule has 6 heteroatoms. The summed E-state index contributed by atoms with van der Waals surface area (Å²) in [5.74, 6) is -0.214. The van der Waals surface area contributed by atoms with Crippen LogP contribution in [-0.4, -0.2) is 31.7 Å². The molecule has 0 saturated carbocycles. The number of anilines is 1. The molecule has 2 aromatic rings. The van der Waals surface area contributed by atoms with Gasteiger partial charge in [-0.2, -0.15) is 4.31 Å². The molecular weight excluding hydrogens is 384 g/mol. The molecule has 1 N–H and O–H groups in total. The van der Waals surface area contributed by atoms with E-state index in [4.69, 9.17) is 0 Å². The molecule has 1 aliphatic heterocycles. The summed E-state index contributed by atoms with van der Waals surface area (Å²) < 4.78 is 28.3. The molecule has 1 fully saturated rings. The first kappa shape index (κ1) is 21.5. The molecule has 1 amide bonds. The number of aryl methyl sites for hydroxylation is 3. The summed E-state index contributed by atoms with van der Waals surface area (Å²) in [7, 11) is -3.58. The van der Waals surface area contributed by atoms with E-state index >= 15 is 0 Å². The van der Waals surface area contributed by atoms with Gasteiger partial charge in [-0.15, -0.1) is 0 Å². The summed E-state index contributed by atoms with van der Waals surface area (Å²) in [6, 6.07) is 9.72. The number of nitrogens with one attached hydrogen (secondary N) is 1. The van der Waals surface area contributed by atoms with E-state index in [9.17, 15) is 13.2 Å². The average molecular weight is 415 g/mol. The average Bonchev–Trinajstić information content (AvgIpc) is 2.68. The first-order chi connectivity index (χ1) is 13.6. The first-order valence-corrected chi connectivity index (χ1v) is 11.5. The van der Waals surface area contributed by atoms with Gasteiger partial charge >= 0.3 is 0 Å². The highest BCUT2D eigenvalue weighted by Gasteiger charge is 2.34. The number of piperidine rings is 1. The van der Waals surface area contributed by atoms with Gasteiger partial charge in [-0.25, -0.2) is 8.42 Å². The standard InChI is InChI=1S/C23H30N2O3S/c1-15-6-8-21(9-7-15)24-23(26)20-10-12-25(13-11-20)29(27,28)22-18(4)16(2)14-17(3)19(22)5/h6-9,14,20H,10-13H2,1-5H3,(H,24,26). The Kier molecular flexibility index (Phi) is 6.15. The molecular formula is C23H30N2O3S. The molecule has 0 aliphatic carbocycles. The van der Waals surface area contributed by atoms with Crippen molar-refractivity contribution in [3.8, 4) is 0 Å². The Labute approximate surface area is 174 Å². The molecule has 0 spiro atoms. The monoisotopic (exact) mass is 414 g/mol. The number of benzene rings is 2. The van der Waals surface area contributed by atoms with Gasteiger partial charge in [0.2, 0.25) is 15.9 Å². The Morgan fingerprint density at radius 3 is 1.97 bits per heavy atom. The topological polar surface area (TPSA) is 66.5 Å². The number of hydrogen-bond donors (Lipinski definition) is 1. The van der Waals surface area contributed by atoms with Crippen LogP contribution in [0.3, 0.4) is 0 Å². The lowest BCUT2D eigenvalue weighted by molar-refractivity contribution is -0.120. The van der Waals surface area contributed by atoms with Crippen molar-refractivity contribution in [3.05, 3.63) is 58.1 Å². The lowest BCUT2D eigenvalue weighted by atomic mass is 9.97. The molecule has 0 radical (unpaired) electrons. The zero-order chi connectivity index (χ0) is 21.3. The molecule has 3 rings (SSSR count). The summed E-state index contributed by atoms with van der Waals surface area (Å²) in [4.78, 5) is 13.0. The van der Waals surface area contributed by atoms with E-state index in [1.54, 1.807) is 0 Å². The van der Waals surface area contributed by atoms with Gasteiger partial charge in [0.1, 0.15) is 0 Å². The number of hydrogen-bond acceptors (Lipinski definition) is 3. The molecule has 156 valence electrons.